The standard InChI is InChI=1S/C21H28N2O4S2/c1-16(2)13-14-23(21(24)22-18-7-11-20(28-3)12-8-18)15-17-5-9-19(10-6-17)27-29(4,25)26/h5-12,16H,13-15H2,1-4H3,(H,22,24). The first-order valence-electron chi connectivity index (χ1n) is 9.34. The van der Waals surface area contributed by atoms with Crippen LogP contribution in [0.3, 0.4) is 0 Å². The first kappa shape index (κ1) is 23.1. The molecule has 0 heterocycles. The molecule has 0 unspecified atom stereocenters. The number of hydrogen-bond acceptors (Lipinski definition) is 5. The molecule has 0 aliphatic carbocycles. The van der Waals surface area contributed by atoms with Gasteiger partial charge in [0.25, 0.3) is 0 Å². The van der Waals surface area contributed by atoms with Crippen molar-refractivity contribution in [3.63, 3.8) is 0 Å². The lowest BCUT2D eigenvalue weighted by Crippen LogP contribution is -2.35. The van der Waals surface area contributed by atoms with Crippen LogP contribution in [0.15, 0.2) is 53.4 Å². The van der Waals surface area contributed by atoms with Gasteiger partial charge in [0.2, 0.25) is 0 Å². The maximum atomic E-state index is 12.8. The van der Waals surface area contributed by atoms with Crippen molar-refractivity contribution in [2.75, 3.05) is 24.4 Å². The smallest absolute Gasteiger partial charge is 0.322 e. The molecule has 2 amide bonds. The number of urea groups is 1. The molecule has 0 aromatic heterocycles. The van der Waals surface area contributed by atoms with Gasteiger partial charge in [0.1, 0.15) is 5.75 Å². The summed E-state index contributed by atoms with van der Waals surface area (Å²) in [5, 5.41) is 2.95. The van der Waals surface area contributed by atoms with Crippen molar-refractivity contribution in [2.24, 2.45) is 5.92 Å². The minimum atomic E-state index is -3.56. The third-order valence-electron chi connectivity index (χ3n) is 4.15. The second-order valence-electron chi connectivity index (χ2n) is 7.19. The number of nitrogens with one attached hydrogen (secondary N) is 1. The van der Waals surface area contributed by atoms with E-state index in [4.69, 9.17) is 4.18 Å². The number of anilines is 1. The number of carbonyl (C=O) groups excluding carboxylic acids is 1. The molecule has 2 aromatic carbocycles. The zero-order chi connectivity index (χ0) is 21.4. The molecule has 0 aliphatic heterocycles. The largest absolute Gasteiger partial charge is 0.383 e. The SMILES string of the molecule is CSc1ccc(NC(=O)N(CCC(C)C)Cc2ccc(OS(C)(=O)=O)cc2)cc1. The lowest BCUT2D eigenvalue weighted by molar-refractivity contribution is 0.205. The quantitative estimate of drug-likeness (QED) is 0.450. The minimum absolute atomic E-state index is 0.168. The van der Waals surface area contributed by atoms with Crippen molar-refractivity contribution in [3.8, 4) is 5.75 Å². The summed E-state index contributed by atoms with van der Waals surface area (Å²) < 4.78 is 27.3. The molecule has 0 aliphatic rings. The topological polar surface area (TPSA) is 75.7 Å². The Bertz CT molecular complexity index is 895. The van der Waals surface area contributed by atoms with E-state index in [1.54, 1.807) is 40.9 Å². The number of thioether (sulfide) groups is 1. The fraction of sp³-hybridized carbons (Fsp3) is 0.381. The Kier molecular flexibility index (Phi) is 8.40. The molecule has 0 bridgehead atoms. The van der Waals surface area contributed by atoms with E-state index in [1.807, 2.05) is 30.5 Å². The van der Waals surface area contributed by atoms with Crippen LogP contribution in [0, 0.1) is 5.92 Å². The summed E-state index contributed by atoms with van der Waals surface area (Å²) in [5.41, 5.74) is 1.64. The van der Waals surface area contributed by atoms with E-state index in [2.05, 4.69) is 19.2 Å². The summed E-state index contributed by atoms with van der Waals surface area (Å²) in [4.78, 5) is 15.7. The zero-order valence-electron chi connectivity index (χ0n) is 17.2. The molecule has 2 aromatic rings. The molecule has 0 spiro atoms. The molecule has 0 fully saturated rings. The number of hydrogen-bond donors (Lipinski definition) is 1. The summed E-state index contributed by atoms with van der Waals surface area (Å²) in [6.45, 7) is 5.28. The van der Waals surface area contributed by atoms with Crippen LogP contribution >= 0.6 is 11.8 Å². The Balaban J connectivity index is 2.08. The molecule has 0 atom stereocenters. The van der Waals surface area contributed by atoms with Crippen LogP contribution in [0.25, 0.3) is 0 Å². The molecule has 0 saturated carbocycles. The Morgan fingerprint density at radius 2 is 1.72 bits per heavy atom. The highest BCUT2D eigenvalue weighted by Crippen LogP contribution is 2.19. The predicted molar refractivity (Wildman–Crippen MR) is 119 cm³/mol. The number of rotatable bonds is 9. The van der Waals surface area contributed by atoms with E-state index in [1.165, 1.54) is 0 Å². The molecule has 1 N–H and O–H groups in total. The fourth-order valence-electron chi connectivity index (χ4n) is 2.59. The average Bonchev–Trinajstić information content (AvgIpc) is 2.65. The normalized spacial score (nSPS) is 11.3. The molecule has 0 radical (unpaired) electrons. The molecule has 158 valence electrons. The van der Waals surface area contributed by atoms with Gasteiger partial charge in [-0.05, 0) is 60.6 Å². The number of carbonyl (C=O) groups is 1. The third kappa shape index (κ3) is 8.37. The summed E-state index contributed by atoms with van der Waals surface area (Å²) in [6, 6.07) is 14.3. The molecular formula is C21H28N2O4S2. The molecule has 8 heteroatoms. The second kappa shape index (κ2) is 10.5. The number of amides is 2. The number of nitrogens with zero attached hydrogens (tertiary/aromatic N) is 1. The summed E-state index contributed by atoms with van der Waals surface area (Å²) in [6.07, 6.45) is 3.90. The van der Waals surface area contributed by atoms with Gasteiger partial charge in [-0.1, -0.05) is 26.0 Å². The van der Waals surface area contributed by atoms with Crippen LogP contribution in [0.1, 0.15) is 25.8 Å². The maximum absolute atomic E-state index is 12.8. The third-order valence-corrected chi connectivity index (χ3v) is 5.39. The van der Waals surface area contributed by atoms with Crippen LogP contribution in [-0.4, -0.2) is 38.4 Å². The summed E-state index contributed by atoms with van der Waals surface area (Å²) in [5.74, 6) is 0.722. The second-order valence-corrected chi connectivity index (χ2v) is 9.65. The lowest BCUT2D eigenvalue weighted by Gasteiger charge is -2.24. The first-order chi connectivity index (χ1) is 13.7. The molecule has 29 heavy (non-hydrogen) atoms. The van der Waals surface area contributed by atoms with Crippen LogP contribution in [0.4, 0.5) is 10.5 Å². The van der Waals surface area contributed by atoms with E-state index in [9.17, 15) is 13.2 Å². The Labute approximate surface area is 177 Å². The van der Waals surface area contributed by atoms with Crippen molar-refractivity contribution in [1.82, 2.24) is 4.90 Å². The van der Waals surface area contributed by atoms with Crippen molar-refractivity contribution >= 4 is 33.6 Å². The molecule has 0 saturated heterocycles. The lowest BCUT2D eigenvalue weighted by atomic mass is 10.1. The van der Waals surface area contributed by atoms with Crippen LogP contribution in [-0.2, 0) is 16.7 Å². The fourth-order valence-corrected chi connectivity index (χ4v) is 3.46. The van der Waals surface area contributed by atoms with Gasteiger partial charge in [-0.25, -0.2) is 4.79 Å². The highest BCUT2D eigenvalue weighted by Gasteiger charge is 2.15. The van der Waals surface area contributed by atoms with E-state index < -0.39 is 10.1 Å². The van der Waals surface area contributed by atoms with E-state index in [-0.39, 0.29) is 11.8 Å². The van der Waals surface area contributed by atoms with E-state index in [0.29, 0.717) is 19.0 Å². The van der Waals surface area contributed by atoms with Gasteiger partial charge >= 0.3 is 16.1 Å². The highest BCUT2D eigenvalue weighted by molar-refractivity contribution is 7.98. The maximum Gasteiger partial charge on any atom is 0.322 e. The summed E-state index contributed by atoms with van der Waals surface area (Å²) >= 11 is 1.65. The van der Waals surface area contributed by atoms with Gasteiger partial charge in [-0.3, -0.25) is 0 Å². The monoisotopic (exact) mass is 436 g/mol. The van der Waals surface area contributed by atoms with Gasteiger partial charge in [-0.15, -0.1) is 11.8 Å². The van der Waals surface area contributed by atoms with Gasteiger partial charge in [-0.2, -0.15) is 8.42 Å². The molecule has 6 nitrogen and oxygen atoms in total. The highest BCUT2D eigenvalue weighted by atomic mass is 32.2. The van der Waals surface area contributed by atoms with Crippen molar-refractivity contribution in [2.45, 2.75) is 31.7 Å². The molecule has 2 rings (SSSR count). The van der Waals surface area contributed by atoms with Crippen LogP contribution in [0.5, 0.6) is 5.75 Å². The van der Waals surface area contributed by atoms with Gasteiger partial charge < -0.3 is 14.4 Å². The number of benzene rings is 2. The van der Waals surface area contributed by atoms with Crippen molar-refractivity contribution in [3.05, 3.63) is 54.1 Å². The van der Waals surface area contributed by atoms with Crippen LogP contribution < -0.4 is 9.50 Å². The van der Waals surface area contributed by atoms with Crippen molar-refractivity contribution in [1.29, 1.82) is 0 Å². The zero-order valence-corrected chi connectivity index (χ0v) is 18.8. The van der Waals surface area contributed by atoms with Gasteiger partial charge in [0, 0.05) is 23.7 Å². The van der Waals surface area contributed by atoms with E-state index >= 15 is 0 Å². The minimum Gasteiger partial charge on any atom is -0.383 e. The Morgan fingerprint density at radius 1 is 1.10 bits per heavy atom. The van der Waals surface area contributed by atoms with Gasteiger partial charge in [0.15, 0.2) is 0 Å². The predicted octanol–water partition coefficient (Wildman–Crippen LogP) is 4.83. The van der Waals surface area contributed by atoms with Crippen LogP contribution in [0.2, 0.25) is 0 Å². The average molecular weight is 437 g/mol. The van der Waals surface area contributed by atoms with E-state index in [0.717, 1.165) is 28.8 Å². The Hall–Kier alpha value is -2.19. The van der Waals surface area contributed by atoms with Crippen molar-refractivity contribution < 1.29 is 17.4 Å². The Morgan fingerprint density at radius 3 is 2.24 bits per heavy atom. The van der Waals surface area contributed by atoms with Gasteiger partial charge in [0.05, 0.1) is 6.26 Å². The molecular weight excluding hydrogens is 408 g/mol. The first-order valence-corrected chi connectivity index (χ1v) is 12.4. The summed E-state index contributed by atoms with van der Waals surface area (Å²) in [7, 11) is -3.56.